The van der Waals surface area contributed by atoms with E-state index >= 15 is 0 Å². The van der Waals surface area contributed by atoms with Gasteiger partial charge in [0.05, 0.1) is 16.5 Å². The second kappa shape index (κ2) is 7.76. The van der Waals surface area contributed by atoms with Crippen molar-refractivity contribution >= 4 is 48.7 Å². The molecule has 0 fully saturated rings. The summed E-state index contributed by atoms with van der Waals surface area (Å²) in [6.07, 6.45) is 3.15. The summed E-state index contributed by atoms with van der Waals surface area (Å²) in [5.41, 5.74) is 2.73. The summed E-state index contributed by atoms with van der Waals surface area (Å²) in [4.78, 5) is 26.6. The Hall–Kier alpha value is -3.28. The van der Waals surface area contributed by atoms with Gasteiger partial charge in [0, 0.05) is 11.4 Å². The number of hydrogen-bond acceptors (Lipinski definition) is 5. The monoisotopic (exact) mass is 448 g/mol. The standard InChI is InChI=1S/C22H18ClN6OP/c1-13(27-20-19-21(25-11-24-20)28(31)12-26-19)17-10-14-6-5-9-16(23)18(14)22(30)29(17)15-7-3-2-4-8-15/h2-13H,31H2,1H3,(H,24,25,27)/t13-/m0/s1. The van der Waals surface area contributed by atoms with Gasteiger partial charge < -0.3 is 5.32 Å². The van der Waals surface area contributed by atoms with Gasteiger partial charge in [0.25, 0.3) is 5.56 Å². The SMILES string of the molecule is C[C@H](Nc1ncnc2c1ncn2P)c1cc2cccc(Cl)c2c(=O)n1-c1ccccc1. The minimum absolute atomic E-state index is 0.167. The van der Waals surface area contributed by atoms with Crippen molar-refractivity contribution in [1.29, 1.82) is 0 Å². The molecule has 0 saturated heterocycles. The molecule has 0 saturated carbocycles. The molecule has 0 bridgehead atoms. The number of anilines is 1. The zero-order valence-electron chi connectivity index (χ0n) is 16.5. The maximum absolute atomic E-state index is 13.5. The quantitative estimate of drug-likeness (QED) is 0.407. The van der Waals surface area contributed by atoms with Crippen LogP contribution in [0.4, 0.5) is 5.82 Å². The third-order valence-electron chi connectivity index (χ3n) is 5.19. The molecule has 154 valence electrons. The number of imidazole rings is 1. The average molecular weight is 449 g/mol. The third-order valence-corrected chi connectivity index (χ3v) is 5.89. The predicted molar refractivity (Wildman–Crippen MR) is 127 cm³/mol. The molecule has 3 heterocycles. The van der Waals surface area contributed by atoms with E-state index in [1.165, 1.54) is 6.33 Å². The highest BCUT2D eigenvalue weighted by molar-refractivity contribution is 7.14. The number of benzene rings is 2. The molecule has 0 spiro atoms. The van der Waals surface area contributed by atoms with Crippen molar-refractivity contribution in [3.63, 3.8) is 0 Å². The van der Waals surface area contributed by atoms with Gasteiger partial charge >= 0.3 is 0 Å². The summed E-state index contributed by atoms with van der Waals surface area (Å²) < 4.78 is 3.45. The van der Waals surface area contributed by atoms with Gasteiger partial charge in [-0.25, -0.2) is 15.0 Å². The molecule has 0 aliphatic heterocycles. The lowest BCUT2D eigenvalue weighted by Gasteiger charge is -2.21. The molecule has 2 aromatic carbocycles. The van der Waals surface area contributed by atoms with Crippen LogP contribution in [0.3, 0.4) is 0 Å². The molecule has 5 aromatic rings. The van der Waals surface area contributed by atoms with Crippen molar-refractivity contribution in [2.75, 3.05) is 5.32 Å². The predicted octanol–water partition coefficient (Wildman–Crippen LogP) is 4.60. The van der Waals surface area contributed by atoms with Crippen molar-refractivity contribution in [3.8, 4) is 5.69 Å². The Balaban J connectivity index is 1.70. The topological polar surface area (TPSA) is 77.6 Å². The van der Waals surface area contributed by atoms with Gasteiger partial charge in [-0.1, -0.05) is 41.9 Å². The van der Waals surface area contributed by atoms with Crippen LogP contribution in [-0.2, 0) is 0 Å². The number of pyridine rings is 1. The molecule has 0 amide bonds. The van der Waals surface area contributed by atoms with Crippen molar-refractivity contribution < 1.29 is 0 Å². The summed E-state index contributed by atoms with van der Waals surface area (Å²) in [6.45, 7) is 1.98. The minimum Gasteiger partial charge on any atom is -0.360 e. The first-order valence-electron chi connectivity index (χ1n) is 9.64. The lowest BCUT2D eigenvalue weighted by atomic mass is 10.1. The normalized spacial score (nSPS) is 12.4. The Kier molecular flexibility index (Phi) is 4.93. The Morgan fingerprint density at radius 3 is 2.68 bits per heavy atom. The van der Waals surface area contributed by atoms with Crippen molar-refractivity contribution in [3.05, 3.63) is 88.3 Å². The summed E-state index contributed by atoms with van der Waals surface area (Å²) in [6, 6.07) is 16.7. The highest BCUT2D eigenvalue weighted by Gasteiger charge is 2.19. The van der Waals surface area contributed by atoms with Crippen LogP contribution in [0.2, 0.25) is 5.02 Å². The zero-order valence-corrected chi connectivity index (χ0v) is 18.4. The Morgan fingerprint density at radius 2 is 1.87 bits per heavy atom. The van der Waals surface area contributed by atoms with Crippen LogP contribution < -0.4 is 10.9 Å². The maximum atomic E-state index is 13.5. The lowest BCUT2D eigenvalue weighted by molar-refractivity contribution is 0.774. The van der Waals surface area contributed by atoms with Gasteiger partial charge in [-0.05, 0) is 46.0 Å². The van der Waals surface area contributed by atoms with Crippen LogP contribution in [-0.4, -0.2) is 23.9 Å². The highest BCUT2D eigenvalue weighted by Crippen LogP contribution is 2.28. The molecule has 0 radical (unpaired) electrons. The van der Waals surface area contributed by atoms with E-state index < -0.39 is 0 Å². The molecule has 9 heteroatoms. The van der Waals surface area contributed by atoms with Crippen LogP contribution in [0.25, 0.3) is 27.6 Å². The van der Waals surface area contributed by atoms with Gasteiger partial charge in [-0.3, -0.25) is 13.7 Å². The van der Waals surface area contributed by atoms with Crippen molar-refractivity contribution in [2.24, 2.45) is 0 Å². The number of para-hydroxylation sites is 1. The summed E-state index contributed by atoms with van der Waals surface area (Å²) in [7, 11) is 2.55. The van der Waals surface area contributed by atoms with Crippen molar-refractivity contribution in [1.82, 2.24) is 23.9 Å². The molecule has 31 heavy (non-hydrogen) atoms. The third kappa shape index (κ3) is 3.36. The van der Waals surface area contributed by atoms with Gasteiger partial charge in [0.1, 0.15) is 12.7 Å². The number of aromatic nitrogens is 5. The molecule has 3 aromatic heterocycles. The number of rotatable bonds is 4. The minimum atomic E-state index is -0.260. The van der Waals surface area contributed by atoms with Crippen LogP contribution >= 0.6 is 21.0 Å². The van der Waals surface area contributed by atoms with E-state index in [1.54, 1.807) is 21.3 Å². The Labute approximate surface area is 185 Å². The largest absolute Gasteiger partial charge is 0.360 e. The molecule has 5 rings (SSSR count). The van der Waals surface area contributed by atoms with E-state index in [4.69, 9.17) is 11.6 Å². The Bertz CT molecular complexity index is 1480. The molecular weight excluding hydrogens is 431 g/mol. The van der Waals surface area contributed by atoms with Crippen LogP contribution in [0, 0.1) is 0 Å². The molecule has 7 nitrogen and oxygen atoms in total. The van der Waals surface area contributed by atoms with Crippen LogP contribution in [0.5, 0.6) is 0 Å². The first-order valence-corrected chi connectivity index (χ1v) is 10.5. The number of halogens is 1. The second-order valence-corrected chi connectivity index (χ2v) is 8.13. The first kappa shape index (κ1) is 19.7. The van der Waals surface area contributed by atoms with Gasteiger partial charge in [-0.15, -0.1) is 0 Å². The molecular formula is C22H18ClN6OP. The molecule has 0 aliphatic rings. The second-order valence-electron chi connectivity index (χ2n) is 7.16. The van der Waals surface area contributed by atoms with Gasteiger partial charge in [0.15, 0.2) is 17.0 Å². The first-order chi connectivity index (χ1) is 15.0. The number of nitrogens with one attached hydrogen (secondary N) is 1. The van der Waals surface area contributed by atoms with E-state index in [9.17, 15) is 4.79 Å². The molecule has 2 atom stereocenters. The maximum Gasteiger partial charge on any atom is 0.264 e. The van der Waals surface area contributed by atoms with E-state index in [0.29, 0.717) is 27.4 Å². The number of fused-ring (bicyclic) bond motifs is 2. The van der Waals surface area contributed by atoms with Gasteiger partial charge in [0.2, 0.25) is 0 Å². The summed E-state index contributed by atoms with van der Waals surface area (Å²) in [5.74, 6) is 0.594. The lowest BCUT2D eigenvalue weighted by Crippen LogP contribution is -2.25. The number of hydrogen-bond donors (Lipinski definition) is 1. The fraction of sp³-hybridized carbons (Fsp3) is 0.0909. The summed E-state index contributed by atoms with van der Waals surface area (Å²) in [5, 5.41) is 5.12. The number of nitrogens with zero attached hydrogens (tertiary/aromatic N) is 5. The highest BCUT2D eigenvalue weighted by atomic mass is 35.5. The molecule has 1 unspecified atom stereocenters. The van der Waals surface area contributed by atoms with E-state index in [0.717, 1.165) is 16.8 Å². The molecule has 1 N–H and O–H groups in total. The zero-order chi connectivity index (χ0) is 21.5. The molecule has 0 aliphatic carbocycles. The van der Waals surface area contributed by atoms with Crippen molar-refractivity contribution in [2.45, 2.75) is 13.0 Å². The van der Waals surface area contributed by atoms with E-state index in [-0.39, 0.29) is 11.6 Å². The van der Waals surface area contributed by atoms with Gasteiger partial charge in [-0.2, -0.15) is 0 Å². The smallest absolute Gasteiger partial charge is 0.264 e. The fourth-order valence-corrected chi connectivity index (χ4v) is 4.26. The van der Waals surface area contributed by atoms with Crippen LogP contribution in [0.15, 0.2) is 72.0 Å². The van der Waals surface area contributed by atoms with E-state index in [1.807, 2.05) is 55.5 Å². The Morgan fingerprint density at radius 1 is 1.06 bits per heavy atom. The fourth-order valence-electron chi connectivity index (χ4n) is 3.74. The van der Waals surface area contributed by atoms with E-state index in [2.05, 4.69) is 29.7 Å². The summed E-state index contributed by atoms with van der Waals surface area (Å²) >= 11 is 6.39. The van der Waals surface area contributed by atoms with Crippen LogP contribution in [0.1, 0.15) is 18.7 Å². The average Bonchev–Trinajstić information content (AvgIpc) is 3.16.